The Bertz CT molecular complexity index is 368. The molecule has 1 rings (SSSR count). The molecular weight excluding hydrogens is 250 g/mol. The Morgan fingerprint density at radius 2 is 1.85 bits per heavy atom. The monoisotopic (exact) mass is 279 g/mol. The van der Waals surface area contributed by atoms with Crippen molar-refractivity contribution in [1.82, 2.24) is 0 Å². The van der Waals surface area contributed by atoms with Crippen molar-refractivity contribution in [3.8, 4) is 0 Å². The smallest absolute Gasteiger partial charge is 0.0979 e. The molecule has 0 bridgehead atoms. The largest absolute Gasteiger partial charge is 0.379 e. The van der Waals surface area contributed by atoms with Gasteiger partial charge in [-0.1, -0.05) is 44.5 Å². The van der Waals surface area contributed by atoms with Crippen LogP contribution in [0.15, 0.2) is 24.3 Å². The van der Waals surface area contributed by atoms with Gasteiger partial charge in [0.05, 0.1) is 19.3 Å². The van der Waals surface area contributed by atoms with Gasteiger partial charge >= 0.3 is 0 Å². The summed E-state index contributed by atoms with van der Waals surface area (Å²) >= 11 is 0. The van der Waals surface area contributed by atoms with Gasteiger partial charge < -0.3 is 15.2 Å². The predicted molar refractivity (Wildman–Crippen MR) is 83.9 cm³/mol. The third-order valence-electron chi connectivity index (χ3n) is 3.52. The molecule has 0 fully saturated rings. The van der Waals surface area contributed by atoms with Gasteiger partial charge in [-0.05, 0) is 30.9 Å². The van der Waals surface area contributed by atoms with E-state index in [0.717, 1.165) is 25.9 Å². The predicted octanol–water partition coefficient (Wildman–Crippen LogP) is 3.61. The van der Waals surface area contributed by atoms with Crippen molar-refractivity contribution < 1.29 is 9.47 Å². The zero-order valence-corrected chi connectivity index (χ0v) is 13.1. The number of aryl methyl sites for hydroxylation is 1. The first-order chi connectivity index (χ1) is 9.70. The summed E-state index contributed by atoms with van der Waals surface area (Å²) < 4.78 is 11.5. The summed E-state index contributed by atoms with van der Waals surface area (Å²) in [7, 11) is 0. The molecule has 0 saturated carbocycles. The first-order valence-corrected chi connectivity index (χ1v) is 7.71. The highest BCUT2D eigenvalue weighted by Crippen LogP contribution is 2.24. The van der Waals surface area contributed by atoms with Gasteiger partial charge in [-0.2, -0.15) is 0 Å². The van der Waals surface area contributed by atoms with Crippen LogP contribution in [-0.4, -0.2) is 25.9 Å². The van der Waals surface area contributed by atoms with Crippen molar-refractivity contribution >= 4 is 0 Å². The van der Waals surface area contributed by atoms with Crippen LogP contribution >= 0.6 is 0 Å². The van der Waals surface area contributed by atoms with Crippen LogP contribution < -0.4 is 5.73 Å². The maximum absolute atomic E-state index is 6.21. The Labute approximate surface area is 123 Å². The van der Waals surface area contributed by atoms with Gasteiger partial charge in [-0.25, -0.2) is 0 Å². The lowest BCUT2D eigenvalue weighted by Crippen LogP contribution is -2.31. The van der Waals surface area contributed by atoms with Gasteiger partial charge in [0.25, 0.3) is 0 Å². The molecule has 0 aliphatic rings. The van der Waals surface area contributed by atoms with Crippen molar-refractivity contribution in [3.05, 3.63) is 35.4 Å². The molecule has 2 N–H and O–H groups in total. The van der Waals surface area contributed by atoms with E-state index in [9.17, 15) is 0 Å². The molecule has 0 amide bonds. The van der Waals surface area contributed by atoms with Crippen LogP contribution in [-0.2, 0) is 9.47 Å². The molecule has 3 nitrogen and oxygen atoms in total. The zero-order chi connectivity index (χ0) is 14.8. The maximum Gasteiger partial charge on any atom is 0.0979 e. The maximum atomic E-state index is 6.21. The standard InChI is InChI=1S/C17H29NO2/c1-4-6-11-19-12-13-20-17(16(18)5-2)15-10-8-7-9-14(15)3/h7-10,16-17H,4-6,11-13,18H2,1-3H3. The van der Waals surface area contributed by atoms with Crippen molar-refractivity contribution in [1.29, 1.82) is 0 Å². The quantitative estimate of drug-likeness (QED) is 0.665. The highest BCUT2D eigenvalue weighted by atomic mass is 16.5. The minimum absolute atomic E-state index is 0.0201. The fourth-order valence-electron chi connectivity index (χ4n) is 2.15. The normalized spacial score (nSPS) is 14.2. The SMILES string of the molecule is CCCCOCCOC(c1ccccc1C)C(N)CC. The molecule has 114 valence electrons. The van der Waals surface area contributed by atoms with Crippen LogP contribution in [0.3, 0.4) is 0 Å². The minimum atomic E-state index is -0.0454. The molecule has 3 heteroatoms. The molecule has 2 atom stereocenters. The van der Waals surface area contributed by atoms with Gasteiger partial charge in [-0.15, -0.1) is 0 Å². The molecular formula is C17H29NO2. The number of nitrogens with two attached hydrogens (primary N) is 1. The van der Waals surface area contributed by atoms with E-state index in [0.29, 0.717) is 13.2 Å². The van der Waals surface area contributed by atoms with Crippen LogP contribution in [0.5, 0.6) is 0 Å². The summed E-state index contributed by atoms with van der Waals surface area (Å²) in [5.74, 6) is 0. The molecule has 0 saturated heterocycles. The molecule has 0 aliphatic carbocycles. The third kappa shape index (κ3) is 5.61. The second kappa shape index (κ2) is 9.92. The second-order valence-corrected chi connectivity index (χ2v) is 5.19. The van der Waals surface area contributed by atoms with Crippen molar-refractivity contribution in [2.75, 3.05) is 19.8 Å². The van der Waals surface area contributed by atoms with Gasteiger partial charge in [-0.3, -0.25) is 0 Å². The number of hydrogen-bond acceptors (Lipinski definition) is 3. The minimum Gasteiger partial charge on any atom is -0.379 e. The Morgan fingerprint density at radius 3 is 2.50 bits per heavy atom. The molecule has 20 heavy (non-hydrogen) atoms. The van der Waals surface area contributed by atoms with Gasteiger partial charge in [0, 0.05) is 12.6 Å². The summed E-state index contributed by atoms with van der Waals surface area (Å²) in [4.78, 5) is 0. The van der Waals surface area contributed by atoms with Crippen LogP contribution in [0.1, 0.15) is 50.3 Å². The van der Waals surface area contributed by atoms with Gasteiger partial charge in [0.15, 0.2) is 0 Å². The molecule has 0 spiro atoms. The highest BCUT2D eigenvalue weighted by molar-refractivity contribution is 5.28. The van der Waals surface area contributed by atoms with Crippen LogP contribution in [0.4, 0.5) is 0 Å². The molecule has 2 unspecified atom stereocenters. The van der Waals surface area contributed by atoms with Gasteiger partial charge in [0.2, 0.25) is 0 Å². The second-order valence-electron chi connectivity index (χ2n) is 5.19. The Morgan fingerprint density at radius 1 is 1.10 bits per heavy atom. The van der Waals surface area contributed by atoms with Crippen LogP contribution in [0.2, 0.25) is 0 Å². The third-order valence-corrected chi connectivity index (χ3v) is 3.52. The van der Waals surface area contributed by atoms with Crippen molar-refractivity contribution in [2.24, 2.45) is 5.73 Å². The van der Waals surface area contributed by atoms with E-state index >= 15 is 0 Å². The lowest BCUT2D eigenvalue weighted by molar-refractivity contribution is -0.00846. The molecule has 0 aromatic heterocycles. The molecule has 1 aromatic rings. The van der Waals surface area contributed by atoms with Crippen LogP contribution in [0, 0.1) is 6.92 Å². The fourth-order valence-corrected chi connectivity index (χ4v) is 2.15. The summed E-state index contributed by atoms with van der Waals surface area (Å²) in [6, 6.07) is 8.31. The van der Waals surface area contributed by atoms with Crippen LogP contribution in [0.25, 0.3) is 0 Å². The summed E-state index contributed by atoms with van der Waals surface area (Å²) in [6.07, 6.45) is 3.12. The number of rotatable bonds is 10. The fraction of sp³-hybridized carbons (Fsp3) is 0.647. The number of hydrogen-bond donors (Lipinski definition) is 1. The molecule has 0 heterocycles. The van der Waals surface area contributed by atoms with E-state index in [1.54, 1.807) is 0 Å². The molecule has 1 aromatic carbocycles. The average molecular weight is 279 g/mol. The highest BCUT2D eigenvalue weighted by Gasteiger charge is 2.20. The number of benzene rings is 1. The van der Waals surface area contributed by atoms with Gasteiger partial charge in [0.1, 0.15) is 0 Å². The number of ether oxygens (including phenoxy) is 2. The molecule has 0 radical (unpaired) electrons. The molecule has 0 aliphatic heterocycles. The summed E-state index contributed by atoms with van der Waals surface area (Å²) in [5, 5.41) is 0. The topological polar surface area (TPSA) is 44.5 Å². The Hall–Kier alpha value is -0.900. The van der Waals surface area contributed by atoms with Crippen molar-refractivity contribution in [3.63, 3.8) is 0 Å². The number of unbranched alkanes of at least 4 members (excludes halogenated alkanes) is 1. The lowest BCUT2D eigenvalue weighted by atomic mass is 9.97. The lowest BCUT2D eigenvalue weighted by Gasteiger charge is -2.25. The first-order valence-electron chi connectivity index (χ1n) is 7.71. The summed E-state index contributed by atoms with van der Waals surface area (Å²) in [6.45, 7) is 8.40. The van der Waals surface area contributed by atoms with Crippen molar-refractivity contribution in [2.45, 2.75) is 52.2 Å². The van der Waals surface area contributed by atoms with E-state index < -0.39 is 0 Å². The first kappa shape index (κ1) is 17.2. The van der Waals surface area contributed by atoms with E-state index in [-0.39, 0.29) is 12.1 Å². The van der Waals surface area contributed by atoms with E-state index in [1.165, 1.54) is 11.1 Å². The summed E-state index contributed by atoms with van der Waals surface area (Å²) in [5.41, 5.74) is 8.63. The average Bonchev–Trinajstić information content (AvgIpc) is 2.47. The van der Waals surface area contributed by atoms with E-state index in [1.807, 2.05) is 12.1 Å². The Balaban J connectivity index is 2.51. The van der Waals surface area contributed by atoms with E-state index in [2.05, 4.69) is 32.9 Å². The Kier molecular flexibility index (Phi) is 8.51. The zero-order valence-electron chi connectivity index (χ0n) is 13.1. The van der Waals surface area contributed by atoms with E-state index in [4.69, 9.17) is 15.2 Å².